The van der Waals surface area contributed by atoms with Crippen LogP contribution in [0.4, 0.5) is 4.79 Å². The summed E-state index contributed by atoms with van der Waals surface area (Å²) in [5, 5.41) is 2.73. The average Bonchev–Trinajstić information content (AvgIpc) is 2.73. The van der Waals surface area contributed by atoms with Gasteiger partial charge in [-0.05, 0) is 45.0 Å². The van der Waals surface area contributed by atoms with Crippen molar-refractivity contribution in [1.82, 2.24) is 20.2 Å². The van der Waals surface area contributed by atoms with E-state index >= 15 is 0 Å². The first kappa shape index (κ1) is 23.8. The van der Waals surface area contributed by atoms with Crippen molar-refractivity contribution in [3.63, 3.8) is 0 Å². The molecule has 176 valence electrons. The fourth-order valence-electron chi connectivity index (χ4n) is 3.19. The zero-order valence-corrected chi connectivity index (χ0v) is 19.4. The first-order valence-corrected chi connectivity index (χ1v) is 10.4. The van der Waals surface area contributed by atoms with Crippen LogP contribution < -0.4 is 20.5 Å². The molecule has 10 nitrogen and oxygen atoms in total. The topological polar surface area (TPSA) is 129 Å². The number of aromatic nitrogens is 2. The maximum absolute atomic E-state index is 12.6. The van der Waals surface area contributed by atoms with Crippen molar-refractivity contribution in [1.29, 1.82) is 0 Å². The first-order chi connectivity index (χ1) is 15.6. The van der Waals surface area contributed by atoms with Gasteiger partial charge in [0.15, 0.2) is 17.3 Å². The molecule has 0 saturated carbocycles. The summed E-state index contributed by atoms with van der Waals surface area (Å²) in [5.41, 5.74) is 6.87. The largest absolute Gasteiger partial charge is 0.493 e. The average molecular weight is 456 g/mol. The zero-order chi connectivity index (χ0) is 24.2. The first-order valence-electron chi connectivity index (χ1n) is 10.4. The van der Waals surface area contributed by atoms with Crippen molar-refractivity contribution < 1.29 is 23.8 Å². The van der Waals surface area contributed by atoms with E-state index in [0.29, 0.717) is 36.1 Å². The lowest BCUT2D eigenvalue weighted by Gasteiger charge is -2.39. The van der Waals surface area contributed by atoms with Gasteiger partial charge in [0.25, 0.3) is 5.91 Å². The number of likely N-dealkylation sites (tertiary alicyclic amines) is 1. The molecule has 0 atom stereocenters. The van der Waals surface area contributed by atoms with Gasteiger partial charge in [-0.2, -0.15) is 0 Å². The number of nitrogens with one attached hydrogen (secondary N) is 1. The van der Waals surface area contributed by atoms with Gasteiger partial charge in [-0.25, -0.2) is 14.8 Å². The maximum Gasteiger partial charge on any atom is 0.407 e. The highest BCUT2D eigenvalue weighted by Crippen LogP contribution is 2.31. The molecule has 2 heterocycles. The summed E-state index contributed by atoms with van der Waals surface area (Å²) in [6, 6.07) is 7.01. The number of alkyl carbamates (subject to hydrolysis) is 1. The van der Waals surface area contributed by atoms with Crippen LogP contribution in [0.1, 0.15) is 26.6 Å². The lowest BCUT2D eigenvalue weighted by atomic mass is 10.1. The molecule has 2 aromatic rings. The summed E-state index contributed by atoms with van der Waals surface area (Å²) >= 11 is 0. The molecule has 10 heteroatoms. The Bertz CT molecular complexity index is 1060. The van der Waals surface area contributed by atoms with Crippen LogP contribution in [0, 0.1) is 0 Å². The van der Waals surface area contributed by atoms with E-state index in [9.17, 15) is 9.59 Å². The van der Waals surface area contributed by atoms with E-state index in [1.807, 2.05) is 6.07 Å². The molecule has 1 fully saturated rings. The Morgan fingerprint density at radius 2 is 1.85 bits per heavy atom. The van der Waals surface area contributed by atoms with Gasteiger partial charge in [0, 0.05) is 30.9 Å². The minimum atomic E-state index is -0.581. The molecule has 1 aliphatic heterocycles. The number of methoxy groups -OCH3 is 2. The van der Waals surface area contributed by atoms with Gasteiger partial charge in [-0.15, -0.1) is 0 Å². The summed E-state index contributed by atoms with van der Waals surface area (Å²) in [4.78, 5) is 34.6. The van der Waals surface area contributed by atoms with E-state index in [-0.39, 0.29) is 17.6 Å². The Hall–Kier alpha value is -3.82. The Labute approximate surface area is 192 Å². The molecule has 1 aromatic carbocycles. The number of hydrogen-bond donors (Lipinski definition) is 2. The van der Waals surface area contributed by atoms with Crippen LogP contribution in [-0.2, 0) is 9.53 Å². The van der Waals surface area contributed by atoms with Crippen molar-refractivity contribution >= 4 is 18.1 Å². The standard InChI is InChI=1S/C23H29N5O5/c1-23(2,3)33-22(30)26-15-12-28(13-15)21(29)16(24)11-20-25-9-8-17(27-20)14-6-7-18(31-4)19(10-14)32-5/h6-11,15H,12-13,24H2,1-5H3,(H,26,30)/b16-11-. The summed E-state index contributed by atoms with van der Waals surface area (Å²) < 4.78 is 15.8. The lowest BCUT2D eigenvalue weighted by Crippen LogP contribution is -2.62. The second-order valence-corrected chi connectivity index (χ2v) is 8.52. The number of nitrogens with zero attached hydrogens (tertiary/aromatic N) is 3. The number of benzene rings is 1. The van der Waals surface area contributed by atoms with E-state index in [4.69, 9.17) is 19.9 Å². The van der Waals surface area contributed by atoms with Crippen molar-refractivity contribution in [2.45, 2.75) is 32.4 Å². The van der Waals surface area contributed by atoms with Crippen LogP contribution in [0.3, 0.4) is 0 Å². The Balaban J connectivity index is 1.64. The molecule has 1 aliphatic rings. The van der Waals surface area contributed by atoms with E-state index < -0.39 is 11.7 Å². The third-order valence-electron chi connectivity index (χ3n) is 4.77. The van der Waals surface area contributed by atoms with E-state index in [1.54, 1.807) is 59.4 Å². The molecule has 0 radical (unpaired) electrons. The molecule has 3 N–H and O–H groups in total. The lowest BCUT2D eigenvalue weighted by molar-refractivity contribution is -0.131. The number of carbonyl (C=O) groups excluding carboxylic acids is 2. The van der Waals surface area contributed by atoms with Crippen LogP contribution in [0.5, 0.6) is 11.5 Å². The number of carbonyl (C=O) groups is 2. The van der Waals surface area contributed by atoms with Crippen molar-refractivity contribution in [3.05, 3.63) is 42.0 Å². The molecule has 0 bridgehead atoms. The fourth-order valence-corrected chi connectivity index (χ4v) is 3.19. The zero-order valence-electron chi connectivity index (χ0n) is 19.4. The molecule has 1 aromatic heterocycles. The highest BCUT2D eigenvalue weighted by atomic mass is 16.6. The third-order valence-corrected chi connectivity index (χ3v) is 4.77. The summed E-state index contributed by atoms with van der Waals surface area (Å²) in [6.45, 7) is 6.06. The van der Waals surface area contributed by atoms with Crippen LogP contribution in [0.15, 0.2) is 36.2 Å². The quantitative estimate of drug-likeness (QED) is 0.634. The molecule has 0 aliphatic carbocycles. The summed E-state index contributed by atoms with van der Waals surface area (Å²) in [7, 11) is 3.13. The molecule has 1 saturated heterocycles. The van der Waals surface area contributed by atoms with Gasteiger partial charge in [-0.3, -0.25) is 4.79 Å². The Kier molecular flexibility index (Phi) is 7.05. The molecule has 0 unspecified atom stereocenters. The second-order valence-electron chi connectivity index (χ2n) is 8.52. The fraction of sp³-hybridized carbons (Fsp3) is 0.391. The second kappa shape index (κ2) is 9.76. The monoisotopic (exact) mass is 455 g/mol. The van der Waals surface area contributed by atoms with Crippen LogP contribution in [0.2, 0.25) is 0 Å². The van der Waals surface area contributed by atoms with E-state index in [2.05, 4.69) is 15.3 Å². The molecular weight excluding hydrogens is 426 g/mol. The van der Waals surface area contributed by atoms with Crippen molar-refractivity contribution in [2.75, 3.05) is 27.3 Å². The maximum atomic E-state index is 12.6. The Morgan fingerprint density at radius 1 is 1.15 bits per heavy atom. The number of amides is 2. The minimum Gasteiger partial charge on any atom is -0.493 e. The van der Waals surface area contributed by atoms with Gasteiger partial charge in [0.05, 0.1) is 26.0 Å². The highest BCUT2D eigenvalue weighted by Gasteiger charge is 2.33. The van der Waals surface area contributed by atoms with Gasteiger partial charge in [0.2, 0.25) is 0 Å². The number of nitrogens with two attached hydrogens (primary N) is 1. The molecule has 3 rings (SSSR count). The van der Waals surface area contributed by atoms with Crippen molar-refractivity contribution in [2.24, 2.45) is 5.73 Å². The SMILES string of the molecule is COc1ccc(-c2ccnc(/C=C(\N)C(=O)N3CC(NC(=O)OC(C)(C)C)C3)n2)cc1OC. The van der Waals surface area contributed by atoms with Crippen molar-refractivity contribution in [3.8, 4) is 22.8 Å². The molecular formula is C23H29N5O5. The van der Waals surface area contributed by atoms with E-state index in [0.717, 1.165) is 5.56 Å². The smallest absolute Gasteiger partial charge is 0.407 e. The highest BCUT2D eigenvalue weighted by molar-refractivity contribution is 5.97. The minimum absolute atomic E-state index is 0.00943. The van der Waals surface area contributed by atoms with Gasteiger partial charge in [-0.1, -0.05) is 0 Å². The predicted octanol–water partition coefficient (Wildman–Crippen LogP) is 2.20. The van der Waals surface area contributed by atoms with E-state index in [1.165, 1.54) is 11.0 Å². The van der Waals surface area contributed by atoms with Crippen LogP contribution in [-0.4, -0.2) is 65.8 Å². The summed E-state index contributed by atoms with van der Waals surface area (Å²) in [5.74, 6) is 1.14. The van der Waals surface area contributed by atoms with Gasteiger partial charge < -0.3 is 30.2 Å². The number of rotatable bonds is 6. The Morgan fingerprint density at radius 3 is 2.48 bits per heavy atom. The number of ether oxygens (including phenoxy) is 3. The third kappa shape index (κ3) is 6.12. The van der Waals surface area contributed by atoms with Crippen LogP contribution in [0.25, 0.3) is 17.3 Å². The normalized spacial score (nSPS) is 14.3. The van der Waals surface area contributed by atoms with Gasteiger partial charge in [0.1, 0.15) is 11.3 Å². The van der Waals surface area contributed by atoms with Crippen LogP contribution >= 0.6 is 0 Å². The predicted molar refractivity (Wildman–Crippen MR) is 122 cm³/mol. The molecule has 33 heavy (non-hydrogen) atoms. The number of hydrogen-bond acceptors (Lipinski definition) is 8. The summed E-state index contributed by atoms with van der Waals surface area (Å²) in [6.07, 6.45) is 2.51. The van der Waals surface area contributed by atoms with Gasteiger partial charge >= 0.3 is 6.09 Å². The molecule has 0 spiro atoms. The molecule has 2 amide bonds.